The lowest BCUT2D eigenvalue weighted by Gasteiger charge is -2.18. The van der Waals surface area contributed by atoms with Gasteiger partial charge in [0.05, 0.1) is 18.0 Å². The zero-order chi connectivity index (χ0) is 13.0. The highest BCUT2D eigenvalue weighted by atomic mass is 16.3. The summed E-state index contributed by atoms with van der Waals surface area (Å²) in [5, 5.41) is 14.6. The van der Waals surface area contributed by atoms with Crippen molar-refractivity contribution in [1.82, 2.24) is 9.78 Å². The van der Waals surface area contributed by atoms with Crippen molar-refractivity contribution in [2.75, 3.05) is 0 Å². The van der Waals surface area contributed by atoms with Crippen LogP contribution in [0.5, 0.6) is 0 Å². The fourth-order valence-corrected chi connectivity index (χ4v) is 2.22. The van der Waals surface area contributed by atoms with Crippen LogP contribution in [0.15, 0.2) is 42.7 Å². The van der Waals surface area contributed by atoms with Gasteiger partial charge in [-0.3, -0.25) is 0 Å². The van der Waals surface area contributed by atoms with E-state index in [4.69, 9.17) is 0 Å². The van der Waals surface area contributed by atoms with Crippen LogP contribution in [0.4, 0.5) is 0 Å². The van der Waals surface area contributed by atoms with Crippen LogP contribution in [0, 0.1) is 5.92 Å². The van der Waals surface area contributed by atoms with E-state index in [0.717, 1.165) is 24.1 Å². The number of aliphatic hydroxyl groups is 1. The number of hydrogen-bond acceptors (Lipinski definition) is 2. The zero-order valence-electron chi connectivity index (χ0n) is 11.0. The Morgan fingerprint density at radius 3 is 2.44 bits per heavy atom. The van der Waals surface area contributed by atoms with Gasteiger partial charge in [-0.1, -0.05) is 44.9 Å². The lowest BCUT2D eigenvalue weighted by atomic mass is 9.93. The van der Waals surface area contributed by atoms with Gasteiger partial charge in [0.1, 0.15) is 0 Å². The number of para-hydroxylation sites is 1. The molecule has 1 N–H and O–H groups in total. The van der Waals surface area contributed by atoms with Crippen LogP contribution in [0.25, 0.3) is 5.69 Å². The third-order valence-corrected chi connectivity index (χ3v) is 3.46. The maximum atomic E-state index is 10.3. The first kappa shape index (κ1) is 12.8. The summed E-state index contributed by atoms with van der Waals surface area (Å²) >= 11 is 0. The Hall–Kier alpha value is -1.61. The molecule has 1 atom stereocenters. The molecule has 3 heteroatoms. The maximum absolute atomic E-state index is 10.3. The van der Waals surface area contributed by atoms with Gasteiger partial charge in [0.25, 0.3) is 0 Å². The molecule has 1 aromatic carbocycles. The summed E-state index contributed by atoms with van der Waals surface area (Å²) in [5.74, 6) is 0.304. The summed E-state index contributed by atoms with van der Waals surface area (Å²) in [4.78, 5) is 0. The highest BCUT2D eigenvalue weighted by Gasteiger charge is 2.19. The Bertz CT molecular complexity index is 474. The Labute approximate surface area is 108 Å². The van der Waals surface area contributed by atoms with Gasteiger partial charge < -0.3 is 5.11 Å². The lowest BCUT2D eigenvalue weighted by Crippen LogP contribution is -2.10. The fraction of sp³-hybridized carbons (Fsp3) is 0.400. The molecule has 1 aromatic heterocycles. The average molecular weight is 244 g/mol. The number of nitrogens with zero attached hydrogens (tertiary/aromatic N) is 2. The number of aliphatic hydroxyl groups excluding tert-OH is 1. The van der Waals surface area contributed by atoms with Crippen LogP contribution in [0.2, 0.25) is 0 Å². The number of aromatic nitrogens is 2. The third-order valence-electron chi connectivity index (χ3n) is 3.46. The molecule has 2 aromatic rings. The van der Waals surface area contributed by atoms with Crippen LogP contribution in [0.3, 0.4) is 0 Å². The van der Waals surface area contributed by atoms with Crippen molar-refractivity contribution >= 4 is 0 Å². The highest BCUT2D eigenvalue weighted by Crippen LogP contribution is 2.27. The van der Waals surface area contributed by atoms with Crippen molar-refractivity contribution < 1.29 is 5.11 Å². The second-order valence-electron chi connectivity index (χ2n) is 4.58. The van der Waals surface area contributed by atoms with Gasteiger partial charge in [-0.25, -0.2) is 4.68 Å². The average Bonchev–Trinajstić information content (AvgIpc) is 2.90. The van der Waals surface area contributed by atoms with E-state index in [-0.39, 0.29) is 0 Å². The third kappa shape index (κ3) is 2.62. The molecule has 0 bridgehead atoms. The molecule has 1 heterocycles. The van der Waals surface area contributed by atoms with Crippen molar-refractivity contribution in [2.45, 2.75) is 32.8 Å². The molecule has 0 spiro atoms. The molecule has 18 heavy (non-hydrogen) atoms. The Morgan fingerprint density at radius 2 is 1.83 bits per heavy atom. The maximum Gasteiger partial charge on any atom is 0.0848 e. The molecule has 0 saturated carbocycles. The van der Waals surface area contributed by atoms with E-state index >= 15 is 0 Å². The first-order chi connectivity index (χ1) is 8.76. The van der Waals surface area contributed by atoms with Gasteiger partial charge in [0.15, 0.2) is 0 Å². The first-order valence-electron chi connectivity index (χ1n) is 6.54. The quantitative estimate of drug-likeness (QED) is 0.876. The summed E-state index contributed by atoms with van der Waals surface area (Å²) < 4.78 is 1.81. The van der Waals surface area contributed by atoms with Gasteiger partial charge in [-0.05, 0) is 18.1 Å². The molecular formula is C15H20N2O. The summed E-state index contributed by atoms with van der Waals surface area (Å²) in [6, 6.07) is 9.94. The van der Waals surface area contributed by atoms with E-state index in [9.17, 15) is 5.11 Å². The normalized spacial score (nSPS) is 12.9. The SMILES string of the molecule is CCC(CC)C(O)c1cnn(-c2ccccc2)c1. The molecule has 0 aliphatic rings. The summed E-state index contributed by atoms with van der Waals surface area (Å²) in [6.07, 6.45) is 5.22. The van der Waals surface area contributed by atoms with Crippen LogP contribution in [-0.4, -0.2) is 14.9 Å². The molecule has 0 saturated heterocycles. The second kappa shape index (κ2) is 5.83. The molecular weight excluding hydrogens is 224 g/mol. The molecule has 0 radical (unpaired) electrons. The van der Waals surface area contributed by atoms with Gasteiger partial charge in [0, 0.05) is 11.8 Å². The minimum atomic E-state index is -0.419. The van der Waals surface area contributed by atoms with Gasteiger partial charge in [-0.15, -0.1) is 0 Å². The number of hydrogen-bond donors (Lipinski definition) is 1. The highest BCUT2D eigenvalue weighted by molar-refractivity contribution is 5.31. The van der Waals surface area contributed by atoms with Gasteiger partial charge in [0.2, 0.25) is 0 Å². The molecule has 0 aliphatic carbocycles. The van der Waals surface area contributed by atoms with Crippen LogP contribution in [-0.2, 0) is 0 Å². The lowest BCUT2D eigenvalue weighted by molar-refractivity contribution is 0.103. The first-order valence-corrected chi connectivity index (χ1v) is 6.54. The second-order valence-corrected chi connectivity index (χ2v) is 4.58. The van der Waals surface area contributed by atoms with Crippen LogP contribution in [0.1, 0.15) is 38.4 Å². The van der Waals surface area contributed by atoms with E-state index in [1.807, 2.05) is 36.5 Å². The number of rotatable bonds is 5. The van der Waals surface area contributed by atoms with Crippen molar-refractivity contribution in [3.05, 3.63) is 48.3 Å². The molecule has 2 rings (SSSR count). The van der Waals surface area contributed by atoms with Crippen molar-refractivity contribution in [2.24, 2.45) is 5.92 Å². The van der Waals surface area contributed by atoms with E-state index in [0.29, 0.717) is 5.92 Å². The van der Waals surface area contributed by atoms with E-state index in [1.165, 1.54) is 0 Å². The Balaban J connectivity index is 2.20. The molecule has 96 valence electrons. The fourth-order valence-electron chi connectivity index (χ4n) is 2.22. The largest absolute Gasteiger partial charge is 0.388 e. The summed E-state index contributed by atoms with van der Waals surface area (Å²) in [7, 11) is 0. The van der Waals surface area contributed by atoms with Crippen molar-refractivity contribution in [3.8, 4) is 5.69 Å². The smallest absolute Gasteiger partial charge is 0.0848 e. The van der Waals surface area contributed by atoms with E-state index < -0.39 is 6.10 Å². The minimum Gasteiger partial charge on any atom is -0.388 e. The molecule has 0 aliphatic heterocycles. The molecule has 1 unspecified atom stereocenters. The Kier molecular flexibility index (Phi) is 4.15. The van der Waals surface area contributed by atoms with E-state index in [1.54, 1.807) is 10.9 Å². The predicted octanol–water partition coefficient (Wildman–Crippen LogP) is 3.34. The van der Waals surface area contributed by atoms with Crippen molar-refractivity contribution in [3.63, 3.8) is 0 Å². The zero-order valence-corrected chi connectivity index (χ0v) is 11.0. The molecule has 0 fully saturated rings. The van der Waals surface area contributed by atoms with Gasteiger partial charge >= 0.3 is 0 Å². The minimum absolute atomic E-state index is 0.304. The topological polar surface area (TPSA) is 38.1 Å². The Morgan fingerprint density at radius 1 is 1.17 bits per heavy atom. The molecule has 0 amide bonds. The predicted molar refractivity (Wildman–Crippen MR) is 72.6 cm³/mol. The van der Waals surface area contributed by atoms with Crippen molar-refractivity contribution in [1.29, 1.82) is 0 Å². The van der Waals surface area contributed by atoms with Gasteiger partial charge in [-0.2, -0.15) is 5.10 Å². The number of benzene rings is 1. The van der Waals surface area contributed by atoms with E-state index in [2.05, 4.69) is 18.9 Å². The van der Waals surface area contributed by atoms with Crippen LogP contribution < -0.4 is 0 Å². The standard InChI is InChI=1S/C15H20N2O/c1-3-12(4-2)15(18)13-10-16-17(11-13)14-8-6-5-7-9-14/h5-12,15,18H,3-4H2,1-2H3. The summed E-state index contributed by atoms with van der Waals surface area (Å²) in [6.45, 7) is 4.22. The monoisotopic (exact) mass is 244 g/mol. The van der Waals surface area contributed by atoms with Crippen LogP contribution >= 0.6 is 0 Å². The summed E-state index contributed by atoms with van der Waals surface area (Å²) in [5.41, 5.74) is 1.91. The molecule has 3 nitrogen and oxygen atoms in total.